The molecule has 4 N–H and O–H groups in total. The summed E-state index contributed by atoms with van der Waals surface area (Å²) in [6, 6.07) is 20.6. The maximum absolute atomic E-state index is 14.6. The zero-order valence-electron chi connectivity index (χ0n) is 54.5. The lowest BCUT2D eigenvalue weighted by Crippen LogP contribution is -2.50. The highest BCUT2D eigenvalue weighted by atomic mass is 35.5. The summed E-state index contributed by atoms with van der Waals surface area (Å²) < 4.78 is 53.2. The first-order valence-electron chi connectivity index (χ1n) is 31.4. The number of nitrogens with zero attached hydrogens (tertiary/aromatic N) is 5. The Morgan fingerprint density at radius 3 is 2.05 bits per heavy atom. The van der Waals surface area contributed by atoms with E-state index in [4.69, 9.17) is 59.2 Å². The van der Waals surface area contributed by atoms with Gasteiger partial charge in [0.05, 0.1) is 60.3 Å². The van der Waals surface area contributed by atoms with Gasteiger partial charge in [-0.3, -0.25) is 24.0 Å². The van der Waals surface area contributed by atoms with E-state index in [2.05, 4.69) is 26.3 Å². The molecule has 0 spiro atoms. The number of para-hydroxylation sites is 1. The van der Waals surface area contributed by atoms with E-state index >= 15 is 0 Å². The number of likely N-dealkylation sites (tertiary alicyclic amines) is 1. The Hall–Kier alpha value is -9.19. The van der Waals surface area contributed by atoms with Crippen LogP contribution in [0.25, 0.3) is 10.9 Å². The summed E-state index contributed by atoms with van der Waals surface area (Å²) in [6.45, 7) is 3.79. The van der Waals surface area contributed by atoms with Crippen LogP contribution in [-0.2, 0) is 42.2 Å². The topological polar surface area (TPSA) is 271 Å². The third-order valence-corrected chi connectivity index (χ3v) is 17.1. The number of aryl methyl sites for hydroxylation is 2. The normalized spacial score (nSPS) is 14.7. The van der Waals surface area contributed by atoms with Crippen LogP contribution >= 0.6 is 11.6 Å². The highest BCUT2D eigenvalue weighted by molar-refractivity contribution is 6.33. The number of hydrogen-bond acceptors (Lipinski definition) is 19. The quantitative estimate of drug-likeness (QED) is 0.0227. The molecule has 25 heteroatoms. The molecule has 2 saturated heterocycles. The van der Waals surface area contributed by atoms with Gasteiger partial charge in [-0.2, -0.15) is 4.98 Å². The van der Waals surface area contributed by atoms with Crippen LogP contribution in [0.15, 0.2) is 83.8 Å². The Bertz CT molecular complexity index is 3610. The maximum Gasteiger partial charge on any atom is 0.329 e. The minimum Gasteiger partial charge on any atom is -0.494 e. The SMILES string of the molecule is CC[C@H](C(=O)N1CCCC[C@H]1C(=O)O[C@H](CCc1ccc(OC)c(OC)c1)c1ccccc1OCC(=O)NCCCCCCNC(=O)C1CCN(c2ncc(Cl)c(Nc3cc(OC)c4c(c3)cc(OCC(=O)NC)c(=O)n4C)n2)CC1)c1cc(OC)c(OC)c(OC)c1. The first-order chi connectivity index (χ1) is 45.1. The number of unbranched alkanes of at least 4 members (excludes halogenated alkanes) is 3. The molecule has 8 rings (SSSR count). The molecule has 4 amide bonds. The van der Waals surface area contributed by atoms with Crippen molar-refractivity contribution in [3.8, 4) is 46.0 Å². The van der Waals surface area contributed by atoms with Crippen molar-refractivity contribution in [2.45, 2.75) is 102 Å². The van der Waals surface area contributed by atoms with Crippen molar-refractivity contribution in [3.05, 3.63) is 111 Å². The number of esters is 1. The summed E-state index contributed by atoms with van der Waals surface area (Å²) in [5.41, 5.74) is 2.83. The van der Waals surface area contributed by atoms with Crippen LogP contribution in [0, 0.1) is 5.92 Å². The molecular weight excluding hydrogens is 1220 g/mol. The lowest BCUT2D eigenvalue weighted by atomic mass is 9.91. The Kier molecular flexibility index (Phi) is 25.4. The lowest BCUT2D eigenvalue weighted by molar-refractivity contribution is -0.162. The number of anilines is 3. The van der Waals surface area contributed by atoms with Crippen LogP contribution in [0.2, 0.25) is 5.02 Å². The molecule has 2 fully saturated rings. The fraction of sp³-hybridized carbons (Fsp3) is 0.471. The number of nitrogens with one attached hydrogen (secondary N) is 4. The second kappa shape index (κ2) is 33.9. The first-order valence-corrected chi connectivity index (χ1v) is 31.8. The molecule has 6 aromatic rings. The number of benzene rings is 4. The zero-order chi connectivity index (χ0) is 66.6. The largest absolute Gasteiger partial charge is 0.494 e. The van der Waals surface area contributed by atoms with Gasteiger partial charge in [0.25, 0.3) is 17.4 Å². The van der Waals surface area contributed by atoms with Crippen molar-refractivity contribution < 1.29 is 66.6 Å². The van der Waals surface area contributed by atoms with Gasteiger partial charge >= 0.3 is 5.97 Å². The predicted molar refractivity (Wildman–Crippen MR) is 352 cm³/mol. The molecule has 2 aliphatic heterocycles. The summed E-state index contributed by atoms with van der Waals surface area (Å²) in [6.07, 6.45) is 8.25. The number of piperidine rings is 2. The number of aromatic nitrogens is 3. The Labute approximate surface area is 547 Å². The number of amides is 4. The number of pyridine rings is 1. The molecule has 93 heavy (non-hydrogen) atoms. The number of hydrogen-bond donors (Lipinski definition) is 4. The lowest BCUT2D eigenvalue weighted by Gasteiger charge is -2.37. The van der Waals surface area contributed by atoms with Crippen LogP contribution in [0.1, 0.15) is 106 Å². The fourth-order valence-corrected chi connectivity index (χ4v) is 11.9. The second-order valence-corrected chi connectivity index (χ2v) is 23.1. The molecule has 2 aromatic heterocycles. The summed E-state index contributed by atoms with van der Waals surface area (Å²) in [5.74, 6) is 1.80. The van der Waals surface area contributed by atoms with E-state index in [1.54, 1.807) is 68.6 Å². The van der Waals surface area contributed by atoms with Gasteiger partial charge in [0.15, 0.2) is 47.8 Å². The van der Waals surface area contributed by atoms with Gasteiger partial charge in [0, 0.05) is 75.4 Å². The van der Waals surface area contributed by atoms with Gasteiger partial charge in [-0.15, -0.1) is 0 Å². The summed E-state index contributed by atoms with van der Waals surface area (Å²) in [4.78, 5) is 93.7. The van der Waals surface area contributed by atoms with E-state index in [0.717, 1.165) is 44.1 Å². The molecular formula is C68H86ClN9O15. The van der Waals surface area contributed by atoms with Crippen LogP contribution in [0.4, 0.5) is 17.5 Å². The molecule has 0 aliphatic carbocycles. The van der Waals surface area contributed by atoms with Crippen molar-refractivity contribution in [3.63, 3.8) is 0 Å². The molecule has 0 unspecified atom stereocenters. The highest BCUT2D eigenvalue weighted by Gasteiger charge is 2.39. The summed E-state index contributed by atoms with van der Waals surface area (Å²) in [5, 5.41) is 12.7. The average molecular weight is 1300 g/mol. The number of likely N-dealkylation sites (N-methyl/N-ethyl adjacent to an activating group) is 1. The number of fused-ring (bicyclic) bond motifs is 1. The molecule has 24 nitrogen and oxygen atoms in total. The molecule has 0 saturated carbocycles. The van der Waals surface area contributed by atoms with Crippen LogP contribution in [-0.4, -0.2) is 151 Å². The molecule has 4 heterocycles. The predicted octanol–water partition coefficient (Wildman–Crippen LogP) is 8.78. The van der Waals surface area contributed by atoms with Gasteiger partial charge in [0.1, 0.15) is 28.7 Å². The van der Waals surface area contributed by atoms with Crippen LogP contribution in [0.3, 0.4) is 0 Å². The Morgan fingerprint density at radius 2 is 1.38 bits per heavy atom. The number of carbonyl (C=O) groups is 5. The fourth-order valence-electron chi connectivity index (χ4n) is 11.8. The number of ether oxygens (including phenoxy) is 9. The van der Waals surface area contributed by atoms with Crippen LogP contribution in [0.5, 0.6) is 46.0 Å². The van der Waals surface area contributed by atoms with E-state index in [-0.39, 0.29) is 53.5 Å². The maximum atomic E-state index is 14.6. The Balaban J connectivity index is 0.798. The van der Waals surface area contributed by atoms with Gasteiger partial charge in [-0.1, -0.05) is 55.6 Å². The molecule has 4 aromatic carbocycles. The van der Waals surface area contributed by atoms with E-state index < -0.39 is 29.6 Å². The number of rotatable bonds is 32. The van der Waals surface area contributed by atoms with Gasteiger partial charge in [-0.25, -0.2) is 9.78 Å². The van der Waals surface area contributed by atoms with Crippen molar-refractivity contribution in [2.75, 3.05) is 106 Å². The van der Waals surface area contributed by atoms with Gasteiger partial charge in [-0.05, 0) is 118 Å². The van der Waals surface area contributed by atoms with E-state index in [0.29, 0.717) is 151 Å². The molecule has 3 atom stereocenters. The van der Waals surface area contributed by atoms with Crippen molar-refractivity contribution in [1.82, 2.24) is 35.4 Å². The number of halogens is 1. The molecule has 500 valence electrons. The van der Waals surface area contributed by atoms with Gasteiger partial charge in [0.2, 0.25) is 23.5 Å². The highest BCUT2D eigenvalue weighted by Crippen LogP contribution is 2.42. The molecule has 0 bridgehead atoms. The first kappa shape index (κ1) is 69.7. The standard InChI is InChI=1S/C68H86ClN9O15/c1-10-47(44-35-56(88-7)62(90-9)57(36-44)89-8)65(82)78-30-18-15-20-50(78)67(84)93-52(24-22-42-23-25-53(85-4)54(33-42)86-5)48-19-13-14-21-51(48)91-41-60(80)71-28-16-11-12-17-29-72-64(81)43-26-31-77(32-27-43)68-73-39-49(69)63(75-68)74-46-34-45-37-58(92-40-59(79)70-2)66(83)76(3)61(45)55(38-46)87-6/h13-14,19,21,23,25,33-39,43,47,50,52H,10-12,15-18,20,22,24,26-32,40-41H2,1-9H3,(H,70,79)(H,71,80)(H,72,81)(H,73,74,75)/t47-,50-,52+/m0/s1. The van der Waals surface area contributed by atoms with E-state index in [1.165, 1.54) is 46.3 Å². The summed E-state index contributed by atoms with van der Waals surface area (Å²) in [7, 11) is 12.3. The van der Waals surface area contributed by atoms with Crippen molar-refractivity contribution in [2.24, 2.45) is 13.0 Å². The molecule has 2 aliphatic rings. The minimum atomic E-state index is -0.848. The number of carbonyl (C=O) groups excluding carboxylic acids is 5. The second-order valence-electron chi connectivity index (χ2n) is 22.7. The van der Waals surface area contributed by atoms with Crippen molar-refractivity contribution >= 4 is 69.6 Å². The van der Waals surface area contributed by atoms with Gasteiger partial charge < -0.3 is 78.3 Å². The third kappa shape index (κ3) is 17.7. The summed E-state index contributed by atoms with van der Waals surface area (Å²) >= 11 is 6.61. The molecule has 0 radical (unpaired) electrons. The monoisotopic (exact) mass is 1300 g/mol. The third-order valence-electron chi connectivity index (χ3n) is 16.8. The van der Waals surface area contributed by atoms with E-state index in [1.807, 2.05) is 42.2 Å². The number of methoxy groups -OCH3 is 6. The van der Waals surface area contributed by atoms with Crippen LogP contribution < -0.4 is 69.6 Å². The average Bonchev–Trinajstić information content (AvgIpc) is 0.825. The van der Waals surface area contributed by atoms with Crippen molar-refractivity contribution in [1.29, 1.82) is 0 Å². The minimum absolute atomic E-state index is 0.00146. The zero-order valence-corrected chi connectivity index (χ0v) is 55.2. The smallest absolute Gasteiger partial charge is 0.329 e. The Morgan fingerprint density at radius 1 is 0.699 bits per heavy atom. The van der Waals surface area contributed by atoms with E-state index in [9.17, 15) is 28.8 Å².